The number of esters is 1. The van der Waals surface area contributed by atoms with Crippen molar-refractivity contribution in [3.05, 3.63) is 60.2 Å². The van der Waals surface area contributed by atoms with Crippen LogP contribution in [0.5, 0.6) is 0 Å². The molecule has 0 saturated heterocycles. The van der Waals surface area contributed by atoms with E-state index in [0.717, 1.165) is 29.7 Å². The van der Waals surface area contributed by atoms with Crippen LogP contribution in [0.25, 0.3) is 11.1 Å². The molecule has 0 saturated carbocycles. The van der Waals surface area contributed by atoms with Gasteiger partial charge in [-0.2, -0.15) is 0 Å². The summed E-state index contributed by atoms with van der Waals surface area (Å²) < 4.78 is 4.76. The Hall–Kier alpha value is -2.33. The van der Waals surface area contributed by atoms with Gasteiger partial charge in [-0.15, -0.1) is 11.6 Å². The van der Waals surface area contributed by atoms with Crippen LogP contribution in [0, 0.1) is 0 Å². The Morgan fingerprint density at radius 1 is 1.12 bits per heavy atom. The molecular weight excluding hydrogens is 350 g/mol. The summed E-state index contributed by atoms with van der Waals surface area (Å²) in [7, 11) is 1.39. The molecule has 26 heavy (non-hydrogen) atoms. The van der Waals surface area contributed by atoms with Crippen LogP contribution in [0.4, 0.5) is 0 Å². The van der Waals surface area contributed by atoms with E-state index in [4.69, 9.17) is 21.5 Å². The number of benzene rings is 2. The van der Waals surface area contributed by atoms with Crippen LogP contribution in [-0.4, -0.2) is 29.4 Å². The summed E-state index contributed by atoms with van der Waals surface area (Å²) in [5.74, 6) is -0.306. The number of ether oxygens (including phenoxy) is 1. The highest BCUT2D eigenvalue weighted by atomic mass is 35.5. The van der Waals surface area contributed by atoms with Gasteiger partial charge in [-0.05, 0) is 30.0 Å². The summed E-state index contributed by atoms with van der Waals surface area (Å²) in [6, 6.07) is 17.2. The Bertz CT molecular complexity index is 701. The maximum atomic E-state index is 11.6. The molecule has 0 aliphatic carbocycles. The fourth-order valence-corrected chi connectivity index (χ4v) is 2.47. The Kier molecular flexibility index (Phi) is 10.1. The van der Waals surface area contributed by atoms with E-state index in [0.29, 0.717) is 12.0 Å². The lowest BCUT2D eigenvalue weighted by Crippen LogP contribution is -2.05. The summed E-state index contributed by atoms with van der Waals surface area (Å²) in [5.41, 5.74) is 3.29. The molecule has 1 atom stereocenters. The summed E-state index contributed by atoms with van der Waals surface area (Å²) >= 11 is 5.83. The Labute approximate surface area is 160 Å². The number of hydrogen-bond donors (Lipinski definition) is 1. The van der Waals surface area contributed by atoms with Gasteiger partial charge in [-0.1, -0.05) is 67.5 Å². The van der Waals surface area contributed by atoms with Gasteiger partial charge in [-0.25, -0.2) is 4.79 Å². The third kappa shape index (κ3) is 6.89. The van der Waals surface area contributed by atoms with Gasteiger partial charge < -0.3 is 9.94 Å². The number of halogens is 1. The zero-order valence-corrected chi connectivity index (χ0v) is 16.2. The summed E-state index contributed by atoms with van der Waals surface area (Å²) in [5, 5.41) is 11.6. The lowest BCUT2D eigenvalue weighted by Gasteiger charge is -2.07. The van der Waals surface area contributed by atoms with Gasteiger partial charge in [-0.3, -0.25) is 0 Å². The van der Waals surface area contributed by atoms with Crippen molar-refractivity contribution in [2.45, 2.75) is 38.5 Å². The molecule has 2 rings (SSSR count). The first-order valence-electron chi connectivity index (χ1n) is 8.63. The Balaban J connectivity index is 0.000000294. The standard InChI is InChI=1S/C14H12O2.C7H14ClNO/c1-16-14(15)13-10-6-5-9-12(13)11-7-3-2-4-8-11;1-3-6(8)5-7(4-2)9-10/h2-10H,1H3;6,10H,3-5H2,1-2H3. The predicted octanol–water partition coefficient (Wildman–Crippen LogP) is 5.77. The highest BCUT2D eigenvalue weighted by Crippen LogP contribution is 2.23. The van der Waals surface area contributed by atoms with E-state index >= 15 is 0 Å². The van der Waals surface area contributed by atoms with E-state index in [1.807, 2.05) is 62.4 Å². The van der Waals surface area contributed by atoms with Crippen LogP contribution >= 0.6 is 11.6 Å². The van der Waals surface area contributed by atoms with Crippen molar-refractivity contribution in [2.24, 2.45) is 5.16 Å². The molecule has 5 heteroatoms. The molecule has 2 aromatic carbocycles. The second kappa shape index (κ2) is 12.1. The lowest BCUT2D eigenvalue weighted by atomic mass is 10.00. The van der Waals surface area contributed by atoms with Crippen molar-refractivity contribution in [3.8, 4) is 11.1 Å². The van der Waals surface area contributed by atoms with Crippen molar-refractivity contribution < 1.29 is 14.7 Å². The first-order chi connectivity index (χ1) is 12.6. The molecule has 1 N–H and O–H groups in total. The fourth-order valence-electron chi connectivity index (χ4n) is 2.30. The minimum Gasteiger partial charge on any atom is -0.465 e. The smallest absolute Gasteiger partial charge is 0.338 e. The van der Waals surface area contributed by atoms with Gasteiger partial charge in [0.05, 0.1) is 18.4 Å². The molecule has 0 amide bonds. The van der Waals surface area contributed by atoms with Crippen molar-refractivity contribution in [1.29, 1.82) is 0 Å². The SMILES string of the molecule is CCC(CC(Cl)CC)=NO.COC(=O)c1ccccc1-c1ccccc1. The number of rotatable bonds is 6. The van der Waals surface area contributed by atoms with Crippen LogP contribution in [0.15, 0.2) is 59.8 Å². The highest BCUT2D eigenvalue weighted by Gasteiger charge is 2.11. The largest absolute Gasteiger partial charge is 0.465 e. The first kappa shape index (κ1) is 21.7. The molecule has 0 aliphatic heterocycles. The van der Waals surface area contributed by atoms with Gasteiger partial charge in [0, 0.05) is 11.8 Å². The summed E-state index contributed by atoms with van der Waals surface area (Å²) in [6.45, 7) is 3.97. The third-order valence-corrected chi connectivity index (χ3v) is 4.33. The molecule has 0 spiro atoms. The highest BCUT2D eigenvalue weighted by molar-refractivity contribution is 6.21. The van der Waals surface area contributed by atoms with Gasteiger partial charge in [0.25, 0.3) is 0 Å². The van der Waals surface area contributed by atoms with Crippen molar-refractivity contribution >= 4 is 23.3 Å². The molecule has 0 radical (unpaired) electrons. The van der Waals surface area contributed by atoms with E-state index in [1.54, 1.807) is 6.07 Å². The maximum absolute atomic E-state index is 11.6. The fraction of sp³-hybridized carbons (Fsp3) is 0.333. The molecule has 0 aromatic heterocycles. The van der Waals surface area contributed by atoms with E-state index in [2.05, 4.69) is 5.16 Å². The van der Waals surface area contributed by atoms with Crippen LogP contribution in [0.1, 0.15) is 43.5 Å². The molecule has 140 valence electrons. The quantitative estimate of drug-likeness (QED) is 0.229. The van der Waals surface area contributed by atoms with E-state index in [9.17, 15) is 4.79 Å². The Morgan fingerprint density at radius 2 is 1.73 bits per heavy atom. The van der Waals surface area contributed by atoms with Crippen LogP contribution in [0.3, 0.4) is 0 Å². The Morgan fingerprint density at radius 3 is 2.27 bits per heavy atom. The number of hydrogen-bond acceptors (Lipinski definition) is 4. The molecule has 1 unspecified atom stereocenters. The van der Waals surface area contributed by atoms with Crippen molar-refractivity contribution in [1.82, 2.24) is 0 Å². The zero-order valence-electron chi connectivity index (χ0n) is 15.5. The summed E-state index contributed by atoms with van der Waals surface area (Å²) in [4.78, 5) is 11.6. The monoisotopic (exact) mass is 375 g/mol. The molecule has 2 aromatic rings. The molecule has 0 aliphatic rings. The topological polar surface area (TPSA) is 58.9 Å². The second-order valence-corrected chi connectivity index (χ2v) is 6.25. The average Bonchev–Trinajstić information content (AvgIpc) is 2.72. The van der Waals surface area contributed by atoms with Gasteiger partial charge in [0.1, 0.15) is 0 Å². The molecule has 0 bridgehead atoms. The zero-order chi connectivity index (χ0) is 19.4. The van der Waals surface area contributed by atoms with Crippen LogP contribution in [-0.2, 0) is 4.74 Å². The average molecular weight is 376 g/mol. The molecule has 4 nitrogen and oxygen atoms in total. The first-order valence-corrected chi connectivity index (χ1v) is 9.07. The van der Waals surface area contributed by atoms with E-state index in [1.165, 1.54) is 7.11 Å². The second-order valence-electron chi connectivity index (χ2n) is 5.63. The number of nitrogens with zero attached hydrogens (tertiary/aromatic N) is 1. The minimum atomic E-state index is -0.306. The number of oxime groups is 1. The normalized spacial score (nSPS) is 11.9. The van der Waals surface area contributed by atoms with Gasteiger partial charge in [0.2, 0.25) is 0 Å². The number of carbonyl (C=O) groups excluding carboxylic acids is 1. The van der Waals surface area contributed by atoms with Gasteiger partial charge >= 0.3 is 5.97 Å². The summed E-state index contributed by atoms with van der Waals surface area (Å²) in [6.07, 6.45) is 2.39. The number of alkyl halides is 1. The number of methoxy groups -OCH3 is 1. The number of carbonyl (C=O) groups is 1. The minimum absolute atomic E-state index is 0.117. The van der Waals surface area contributed by atoms with Crippen LogP contribution in [0.2, 0.25) is 0 Å². The van der Waals surface area contributed by atoms with Gasteiger partial charge in [0.15, 0.2) is 0 Å². The van der Waals surface area contributed by atoms with E-state index in [-0.39, 0.29) is 11.3 Å². The van der Waals surface area contributed by atoms with Crippen molar-refractivity contribution in [3.63, 3.8) is 0 Å². The predicted molar refractivity (Wildman–Crippen MR) is 107 cm³/mol. The molecule has 0 fully saturated rings. The molecular formula is C21H26ClNO3. The lowest BCUT2D eigenvalue weighted by molar-refractivity contribution is 0.0601. The van der Waals surface area contributed by atoms with Crippen LogP contribution < -0.4 is 0 Å². The maximum Gasteiger partial charge on any atom is 0.338 e. The van der Waals surface area contributed by atoms with E-state index < -0.39 is 0 Å². The van der Waals surface area contributed by atoms with Crippen molar-refractivity contribution in [2.75, 3.05) is 7.11 Å². The molecule has 0 heterocycles. The third-order valence-electron chi connectivity index (χ3n) is 3.87.